The molecule has 0 aromatic heterocycles. The van der Waals surface area contributed by atoms with Crippen molar-refractivity contribution >= 4 is 0 Å². The molecule has 0 heterocycles. The Morgan fingerprint density at radius 1 is 1.36 bits per heavy atom. The van der Waals surface area contributed by atoms with Crippen LogP contribution in [0.4, 0.5) is 0 Å². The molecule has 0 radical (unpaired) electrons. The summed E-state index contributed by atoms with van der Waals surface area (Å²) in [7, 11) is 0. The Morgan fingerprint density at radius 2 is 2.00 bits per heavy atom. The van der Waals surface area contributed by atoms with E-state index in [2.05, 4.69) is 0 Å². The molecular weight excluding hydrogens is 140 g/mol. The third-order valence-corrected chi connectivity index (χ3v) is 2.74. The monoisotopic (exact) mass is 158 g/mol. The predicted octanol–water partition coefficient (Wildman–Crippen LogP) is 1.66. The van der Waals surface area contributed by atoms with Crippen LogP contribution in [0.15, 0.2) is 0 Å². The Kier molecular flexibility index (Phi) is 2.90. The maximum Gasteiger partial charge on any atom is 0.162 e. The molecule has 0 unspecified atom stereocenters. The van der Waals surface area contributed by atoms with Crippen LogP contribution in [0.1, 0.15) is 45.4 Å². The Balaban J connectivity index is 2.09. The lowest BCUT2D eigenvalue weighted by Crippen LogP contribution is -2.28. The summed E-state index contributed by atoms with van der Waals surface area (Å²) in [5.74, 6) is -0.615. The quantitative estimate of drug-likeness (QED) is 0.611. The van der Waals surface area contributed by atoms with Crippen LogP contribution >= 0.6 is 0 Å². The average Bonchev–Trinajstić information content (AvgIpc) is 1.84. The van der Waals surface area contributed by atoms with E-state index in [1.54, 1.807) is 6.92 Å². The van der Waals surface area contributed by atoms with Crippen molar-refractivity contribution in [3.63, 3.8) is 0 Å². The van der Waals surface area contributed by atoms with Gasteiger partial charge in [-0.1, -0.05) is 26.2 Å². The standard InChI is InChI=1S/C9H18O2/c1-2-9(10,11)7-6-8-4-3-5-8/h8,10-11H,2-7H2,1H3. The van der Waals surface area contributed by atoms with Crippen molar-refractivity contribution < 1.29 is 10.2 Å². The summed E-state index contributed by atoms with van der Waals surface area (Å²) in [4.78, 5) is 0. The molecule has 0 atom stereocenters. The van der Waals surface area contributed by atoms with Crippen LogP contribution in [0, 0.1) is 5.92 Å². The summed E-state index contributed by atoms with van der Waals surface area (Å²) < 4.78 is 0. The van der Waals surface area contributed by atoms with Gasteiger partial charge in [0.05, 0.1) is 0 Å². The van der Waals surface area contributed by atoms with Crippen molar-refractivity contribution in [1.82, 2.24) is 0 Å². The molecule has 1 aliphatic carbocycles. The van der Waals surface area contributed by atoms with Gasteiger partial charge in [-0.25, -0.2) is 0 Å². The summed E-state index contributed by atoms with van der Waals surface area (Å²) in [6, 6.07) is 0. The molecule has 0 aliphatic heterocycles. The fourth-order valence-corrected chi connectivity index (χ4v) is 1.39. The van der Waals surface area contributed by atoms with Gasteiger partial charge in [0.2, 0.25) is 0 Å². The first-order valence-corrected chi connectivity index (χ1v) is 4.59. The van der Waals surface area contributed by atoms with E-state index in [1.165, 1.54) is 19.3 Å². The summed E-state index contributed by atoms with van der Waals surface area (Å²) in [6.45, 7) is 1.81. The number of aliphatic hydroxyl groups is 2. The van der Waals surface area contributed by atoms with Crippen LogP contribution < -0.4 is 0 Å². The Hall–Kier alpha value is -0.0800. The zero-order valence-corrected chi connectivity index (χ0v) is 7.21. The molecule has 2 heteroatoms. The van der Waals surface area contributed by atoms with E-state index in [4.69, 9.17) is 0 Å². The van der Waals surface area contributed by atoms with Gasteiger partial charge >= 0.3 is 0 Å². The highest BCUT2D eigenvalue weighted by Crippen LogP contribution is 2.32. The average molecular weight is 158 g/mol. The minimum atomic E-state index is -1.39. The predicted molar refractivity (Wildman–Crippen MR) is 44.0 cm³/mol. The van der Waals surface area contributed by atoms with Crippen molar-refractivity contribution in [2.45, 2.75) is 51.2 Å². The fourth-order valence-electron chi connectivity index (χ4n) is 1.39. The summed E-state index contributed by atoms with van der Waals surface area (Å²) in [5, 5.41) is 18.5. The second-order valence-electron chi connectivity index (χ2n) is 3.67. The molecule has 0 bridgehead atoms. The van der Waals surface area contributed by atoms with E-state index < -0.39 is 5.79 Å². The molecule has 1 rings (SSSR count). The first-order chi connectivity index (χ1) is 5.14. The largest absolute Gasteiger partial charge is 0.366 e. The third kappa shape index (κ3) is 2.80. The van der Waals surface area contributed by atoms with Gasteiger partial charge in [-0.05, 0) is 18.8 Å². The minimum Gasteiger partial charge on any atom is -0.366 e. The summed E-state index contributed by atoms with van der Waals surface area (Å²) in [5.41, 5.74) is 0. The molecule has 1 fully saturated rings. The molecule has 1 saturated carbocycles. The van der Waals surface area contributed by atoms with Crippen LogP contribution in [0.2, 0.25) is 0 Å². The number of rotatable bonds is 4. The lowest BCUT2D eigenvalue weighted by Gasteiger charge is -2.28. The topological polar surface area (TPSA) is 40.5 Å². The van der Waals surface area contributed by atoms with Crippen molar-refractivity contribution in [2.75, 3.05) is 0 Å². The Labute approximate surface area is 68.2 Å². The summed E-state index contributed by atoms with van der Waals surface area (Å²) in [6.07, 6.45) is 5.90. The van der Waals surface area contributed by atoms with Crippen molar-refractivity contribution in [2.24, 2.45) is 5.92 Å². The van der Waals surface area contributed by atoms with Crippen LogP contribution in [-0.2, 0) is 0 Å². The van der Waals surface area contributed by atoms with E-state index >= 15 is 0 Å². The van der Waals surface area contributed by atoms with Crippen molar-refractivity contribution in [3.05, 3.63) is 0 Å². The lowest BCUT2D eigenvalue weighted by molar-refractivity contribution is -0.170. The van der Waals surface area contributed by atoms with Crippen LogP contribution in [0.5, 0.6) is 0 Å². The van der Waals surface area contributed by atoms with Gasteiger partial charge in [-0.2, -0.15) is 0 Å². The molecule has 0 amide bonds. The molecule has 0 aromatic carbocycles. The van der Waals surface area contributed by atoms with E-state index in [0.29, 0.717) is 12.8 Å². The first-order valence-electron chi connectivity index (χ1n) is 4.59. The van der Waals surface area contributed by atoms with Gasteiger partial charge in [-0.3, -0.25) is 0 Å². The molecule has 0 aromatic rings. The third-order valence-electron chi connectivity index (χ3n) is 2.74. The van der Waals surface area contributed by atoms with Crippen LogP contribution in [0.25, 0.3) is 0 Å². The number of hydrogen-bond donors (Lipinski definition) is 2. The summed E-state index contributed by atoms with van der Waals surface area (Å²) >= 11 is 0. The van der Waals surface area contributed by atoms with Gasteiger partial charge in [0.25, 0.3) is 0 Å². The maximum absolute atomic E-state index is 9.25. The molecule has 66 valence electrons. The lowest BCUT2D eigenvalue weighted by atomic mass is 9.81. The second kappa shape index (κ2) is 3.55. The highest BCUT2D eigenvalue weighted by Gasteiger charge is 2.24. The smallest absolute Gasteiger partial charge is 0.162 e. The zero-order chi connectivity index (χ0) is 8.32. The van der Waals surface area contributed by atoms with E-state index in [9.17, 15) is 10.2 Å². The Morgan fingerprint density at radius 3 is 2.36 bits per heavy atom. The van der Waals surface area contributed by atoms with E-state index in [1.807, 2.05) is 0 Å². The van der Waals surface area contributed by atoms with Crippen molar-refractivity contribution in [1.29, 1.82) is 0 Å². The highest BCUT2D eigenvalue weighted by molar-refractivity contribution is 4.72. The van der Waals surface area contributed by atoms with Crippen LogP contribution in [0.3, 0.4) is 0 Å². The minimum absolute atomic E-state index is 0.444. The van der Waals surface area contributed by atoms with Gasteiger partial charge in [0.15, 0.2) is 5.79 Å². The maximum atomic E-state index is 9.25. The van der Waals surface area contributed by atoms with Crippen LogP contribution in [-0.4, -0.2) is 16.0 Å². The molecule has 1 aliphatic rings. The molecule has 2 N–H and O–H groups in total. The first kappa shape index (κ1) is 9.01. The molecule has 2 nitrogen and oxygen atoms in total. The normalized spacial score (nSPS) is 19.9. The zero-order valence-electron chi connectivity index (χ0n) is 7.21. The molecule has 0 spiro atoms. The number of hydrogen-bond acceptors (Lipinski definition) is 2. The highest BCUT2D eigenvalue weighted by atomic mass is 16.5. The van der Waals surface area contributed by atoms with Crippen molar-refractivity contribution in [3.8, 4) is 0 Å². The van der Waals surface area contributed by atoms with Gasteiger partial charge < -0.3 is 10.2 Å². The fraction of sp³-hybridized carbons (Fsp3) is 1.00. The van der Waals surface area contributed by atoms with E-state index in [0.717, 1.165) is 12.3 Å². The SMILES string of the molecule is CCC(O)(O)CCC1CCC1. The van der Waals surface area contributed by atoms with Gasteiger partial charge in [0.1, 0.15) is 0 Å². The second-order valence-corrected chi connectivity index (χ2v) is 3.67. The Bertz CT molecular complexity index is 117. The van der Waals surface area contributed by atoms with Gasteiger partial charge in [0, 0.05) is 6.42 Å². The van der Waals surface area contributed by atoms with E-state index in [-0.39, 0.29) is 0 Å². The molecular formula is C9H18O2. The van der Waals surface area contributed by atoms with Gasteiger partial charge in [-0.15, -0.1) is 0 Å². The molecule has 11 heavy (non-hydrogen) atoms. The molecule has 0 saturated heterocycles.